The van der Waals surface area contributed by atoms with Crippen LogP contribution in [0.4, 0.5) is 5.69 Å². The van der Waals surface area contributed by atoms with E-state index in [0.717, 1.165) is 34.0 Å². The average Bonchev–Trinajstić information content (AvgIpc) is 3.38. The summed E-state index contributed by atoms with van der Waals surface area (Å²) in [6, 6.07) is 17.9. The molecule has 1 aliphatic rings. The van der Waals surface area contributed by atoms with Gasteiger partial charge < -0.3 is 9.47 Å². The molecule has 0 N–H and O–H groups in total. The van der Waals surface area contributed by atoms with Crippen molar-refractivity contribution in [3.8, 4) is 5.13 Å². The Morgan fingerprint density at radius 2 is 1.88 bits per heavy atom. The normalized spacial score (nSPS) is 13.4. The van der Waals surface area contributed by atoms with Crippen LogP contribution in [0.2, 0.25) is 0 Å². The van der Waals surface area contributed by atoms with Crippen LogP contribution in [-0.2, 0) is 6.42 Å². The van der Waals surface area contributed by atoms with Crippen molar-refractivity contribution in [2.75, 3.05) is 11.4 Å². The van der Waals surface area contributed by atoms with Gasteiger partial charge in [0.2, 0.25) is 0 Å². The highest BCUT2D eigenvalue weighted by Crippen LogP contribution is 2.31. The van der Waals surface area contributed by atoms with E-state index in [2.05, 4.69) is 11.1 Å². The minimum Gasteiger partial charge on any atom is -0.308 e. The van der Waals surface area contributed by atoms with Crippen LogP contribution in [-0.4, -0.2) is 22.0 Å². The lowest BCUT2D eigenvalue weighted by atomic mass is 10.1. The zero-order valence-corrected chi connectivity index (χ0v) is 14.2. The summed E-state index contributed by atoms with van der Waals surface area (Å²) in [6.07, 6.45) is 4.87. The molecule has 1 amide bonds. The summed E-state index contributed by atoms with van der Waals surface area (Å²) in [4.78, 5) is 19.5. The molecule has 5 rings (SSSR count). The Kier molecular flexibility index (Phi) is 3.21. The molecule has 0 aliphatic carbocycles. The summed E-state index contributed by atoms with van der Waals surface area (Å²) in [7, 11) is 0. The number of fused-ring (bicyclic) bond motifs is 2. The van der Waals surface area contributed by atoms with Gasteiger partial charge >= 0.3 is 0 Å². The second-order valence-corrected chi connectivity index (χ2v) is 7.11. The topological polar surface area (TPSA) is 38.1 Å². The highest BCUT2D eigenvalue weighted by molar-refractivity contribution is 7.20. The molecule has 5 heteroatoms. The van der Waals surface area contributed by atoms with E-state index in [1.165, 1.54) is 5.56 Å². The Morgan fingerprint density at radius 1 is 1.04 bits per heavy atom. The molecular formula is C20H15N3OS. The molecule has 4 nitrogen and oxygen atoms in total. The number of nitrogens with zero attached hydrogens (tertiary/aromatic N) is 3. The molecule has 25 heavy (non-hydrogen) atoms. The molecule has 0 spiro atoms. The molecule has 2 aromatic heterocycles. The van der Waals surface area contributed by atoms with Gasteiger partial charge in [-0.25, -0.2) is 4.98 Å². The molecule has 1 aliphatic heterocycles. The Bertz CT molecular complexity index is 1080. The Labute approximate surface area is 149 Å². The smallest absolute Gasteiger partial charge is 0.258 e. The van der Waals surface area contributed by atoms with Gasteiger partial charge in [-0.2, -0.15) is 0 Å². The van der Waals surface area contributed by atoms with E-state index in [4.69, 9.17) is 0 Å². The molecule has 0 unspecified atom stereocenters. The molecule has 2 aromatic carbocycles. The molecule has 122 valence electrons. The zero-order chi connectivity index (χ0) is 16.8. The van der Waals surface area contributed by atoms with E-state index < -0.39 is 0 Å². The Balaban J connectivity index is 1.52. The summed E-state index contributed by atoms with van der Waals surface area (Å²) < 4.78 is 3.02. The fourth-order valence-electron chi connectivity index (χ4n) is 3.32. The van der Waals surface area contributed by atoms with Crippen molar-refractivity contribution < 1.29 is 4.79 Å². The van der Waals surface area contributed by atoms with Crippen LogP contribution in [0.5, 0.6) is 0 Å². The largest absolute Gasteiger partial charge is 0.308 e. The Morgan fingerprint density at radius 3 is 2.76 bits per heavy atom. The predicted octanol–water partition coefficient (Wildman–Crippen LogP) is 4.29. The third-order valence-electron chi connectivity index (χ3n) is 4.58. The van der Waals surface area contributed by atoms with E-state index in [9.17, 15) is 4.79 Å². The number of rotatable bonds is 2. The molecule has 4 aromatic rings. The first-order valence-electron chi connectivity index (χ1n) is 8.23. The zero-order valence-electron chi connectivity index (χ0n) is 13.4. The predicted molar refractivity (Wildman–Crippen MR) is 101 cm³/mol. The van der Waals surface area contributed by atoms with Crippen molar-refractivity contribution in [1.82, 2.24) is 9.55 Å². The molecule has 0 saturated heterocycles. The maximum atomic E-state index is 13.0. The second kappa shape index (κ2) is 5.57. The van der Waals surface area contributed by atoms with Crippen molar-refractivity contribution >= 4 is 33.1 Å². The maximum absolute atomic E-state index is 13.0. The molecule has 0 radical (unpaired) electrons. The van der Waals surface area contributed by atoms with E-state index in [1.54, 1.807) is 11.3 Å². The molecular weight excluding hydrogens is 330 g/mol. The van der Waals surface area contributed by atoms with Crippen LogP contribution in [0.15, 0.2) is 67.0 Å². The van der Waals surface area contributed by atoms with Gasteiger partial charge in [-0.05, 0) is 48.4 Å². The van der Waals surface area contributed by atoms with Crippen LogP contribution in [0.3, 0.4) is 0 Å². The fraction of sp³-hybridized carbons (Fsp3) is 0.100. The van der Waals surface area contributed by atoms with Gasteiger partial charge in [0.05, 0.1) is 10.2 Å². The van der Waals surface area contributed by atoms with Crippen molar-refractivity contribution in [2.45, 2.75) is 6.42 Å². The standard InChI is InChI=1S/C20H15N3OS/c24-19(23-12-9-14-5-1-2-6-17(14)23)15-7-8-16-18(13-15)25-20(21-16)22-10-3-4-11-22/h1-8,10-11,13H,9,12H2. The number of benzene rings is 2. The number of para-hydroxylation sites is 1. The van der Waals surface area contributed by atoms with Gasteiger partial charge in [-0.1, -0.05) is 29.5 Å². The number of anilines is 1. The van der Waals surface area contributed by atoms with E-state index in [1.807, 2.05) is 70.4 Å². The third kappa shape index (κ3) is 2.36. The highest BCUT2D eigenvalue weighted by Gasteiger charge is 2.25. The van der Waals surface area contributed by atoms with Gasteiger partial charge in [-0.15, -0.1) is 0 Å². The first-order chi connectivity index (χ1) is 12.3. The molecule has 0 bridgehead atoms. The van der Waals surface area contributed by atoms with E-state index in [0.29, 0.717) is 5.56 Å². The molecule has 0 atom stereocenters. The van der Waals surface area contributed by atoms with Gasteiger partial charge in [0.15, 0.2) is 5.13 Å². The van der Waals surface area contributed by atoms with Gasteiger partial charge in [0.1, 0.15) is 0 Å². The first kappa shape index (κ1) is 14.4. The van der Waals surface area contributed by atoms with Gasteiger partial charge in [-0.3, -0.25) is 4.79 Å². The van der Waals surface area contributed by atoms with Crippen LogP contribution in [0.25, 0.3) is 15.3 Å². The SMILES string of the molecule is O=C(c1ccc2nc(-n3cccc3)sc2c1)N1CCc2ccccc21. The monoisotopic (exact) mass is 345 g/mol. The fourth-order valence-corrected chi connectivity index (χ4v) is 4.29. The van der Waals surface area contributed by atoms with Gasteiger partial charge in [0.25, 0.3) is 5.91 Å². The minimum absolute atomic E-state index is 0.0581. The first-order valence-corrected chi connectivity index (χ1v) is 9.05. The number of hydrogen-bond donors (Lipinski definition) is 0. The van der Waals surface area contributed by atoms with E-state index >= 15 is 0 Å². The second-order valence-electron chi connectivity index (χ2n) is 6.10. The molecule has 0 fully saturated rings. The number of amides is 1. The van der Waals surface area contributed by atoms with Crippen LogP contribution < -0.4 is 4.90 Å². The summed E-state index contributed by atoms with van der Waals surface area (Å²) in [5, 5.41) is 0.913. The summed E-state index contributed by atoms with van der Waals surface area (Å²) in [6.45, 7) is 0.744. The van der Waals surface area contributed by atoms with Crippen molar-refractivity contribution in [3.05, 3.63) is 78.1 Å². The molecule has 3 heterocycles. The van der Waals surface area contributed by atoms with Crippen LogP contribution in [0, 0.1) is 0 Å². The van der Waals surface area contributed by atoms with Crippen molar-refractivity contribution in [1.29, 1.82) is 0 Å². The summed E-state index contributed by atoms with van der Waals surface area (Å²) in [5.74, 6) is 0.0581. The van der Waals surface area contributed by atoms with E-state index in [-0.39, 0.29) is 5.91 Å². The van der Waals surface area contributed by atoms with Crippen LogP contribution in [0.1, 0.15) is 15.9 Å². The quantitative estimate of drug-likeness (QED) is 0.543. The van der Waals surface area contributed by atoms with Crippen LogP contribution >= 0.6 is 11.3 Å². The number of hydrogen-bond acceptors (Lipinski definition) is 3. The number of thiazole rings is 1. The highest BCUT2D eigenvalue weighted by atomic mass is 32.1. The van der Waals surface area contributed by atoms with Gasteiger partial charge in [0, 0.05) is 30.2 Å². The average molecular weight is 345 g/mol. The third-order valence-corrected chi connectivity index (χ3v) is 5.61. The number of aromatic nitrogens is 2. The lowest BCUT2D eigenvalue weighted by Crippen LogP contribution is -2.28. The Hall–Kier alpha value is -2.92. The maximum Gasteiger partial charge on any atom is 0.258 e. The van der Waals surface area contributed by atoms with Crippen molar-refractivity contribution in [2.24, 2.45) is 0 Å². The lowest BCUT2D eigenvalue weighted by Gasteiger charge is -2.17. The number of carbonyl (C=O) groups is 1. The summed E-state index contributed by atoms with van der Waals surface area (Å²) >= 11 is 1.60. The van der Waals surface area contributed by atoms with Crippen molar-refractivity contribution in [3.63, 3.8) is 0 Å². The minimum atomic E-state index is 0.0581. The molecule has 0 saturated carbocycles. The number of carbonyl (C=O) groups excluding carboxylic acids is 1. The summed E-state index contributed by atoms with van der Waals surface area (Å²) in [5.41, 5.74) is 3.91. The lowest BCUT2D eigenvalue weighted by molar-refractivity contribution is 0.0989.